The first-order valence-corrected chi connectivity index (χ1v) is 8.54. The zero-order valence-electron chi connectivity index (χ0n) is 13.3. The Kier molecular flexibility index (Phi) is 3.89. The molecule has 23 heavy (non-hydrogen) atoms. The number of ether oxygens (including phenoxy) is 3. The summed E-state index contributed by atoms with van der Waals surface area (Å²) in [5.41, 5.74) is 1.16. The van der Waals surface area contributed by atoms with Gasteiger partial charge >= 0.3 is 0 Å². The van der Waals surface area contributed by atoms with Gasteiger partial charge in [-0.25, -0.2) is 0 Å². The van der Waals surface area contributed by atoms with E-state index in [9.17, 15) is 4.79 Å². The number of hydrogen-bond acceptors (Lipinski definition) is 4. The van der Waals surface area contributed by atoms with Crippen LogP contribution in [0.15, 0.2) is 18.2 Å². The molecule has 1 aromatic carbocycles. The van der Waals surface area contributed by atoms with Crippen LogP contribution in [-0.4, -0.2) is 30.9 Å². The number of carbonyl (C=O) groups excluding carboxylic acids is 1. The fourth-order valence-electron chi connectivity index (χ4n) is 3.96. The van der Waals surface area contributed by atoms with Crippen LogP contribution in [0.1, 0.15) is 44.1 Å². The largest absolute Gasteiger partial charge is 0.454 e. The molecule has 1 amide bonds. The van der Waals surface area contributed by atoms with Crippen LogP contribution in [0.2, 0.25) is 0 Å². The molecule has 1 aromatic rings. The standard InChI is InChI=1S/C18H23NO4/c20-17(19-14-10-18(23-11-14)7-1-2-8-18)6-4-13-3-5-15-16(9-13)22-12-21-15/h3,5,9,14H,1-2,4,6-8,10-12H2,(H,19,20). The van der Waals surface area contributed by atoms with Crippen molar-refractivity contribution in [2.45, 2.75) is 56.6 Å². The summed E-state index contributed by atoms with van der Waals surface area (Å²) in [6, 6.07) is 6.04. The lowest BCUT2D eigenvalue weighted by Gasteiger charge is -2.21. The average Bonchev–Trinajstić information content (AvgIpc) is 3.28. The SMILES string of the molecule is O=C(CCc1ccc2c(c1)OCO2)NC1COC2(CCCC2)C1. The summed E-state index contributed by atoms with van der Waals surface area (Å²) < 4.78 is 16.6. The first kappa shape index (κ1) is 14.8. The van der Waals surface area contributed by atoms with Gasteiger partial charge in [0, 0.05) is 6.42 Å². The van der Waals surface area contributed by atoms with Crippen LogP contribution in [0.25, 0.3) is 0 Å². The molecule has 124 valence electrons. The number of benzene rings is 1. The summed E-state index contributed by atoms with van der Waals surface area (Å²) in [6.45, 7) is 0.943. The predicted molar refractivity (Wildman–Crippen MR) is 84.6 cm³/mol. The van der Waals surface area contributed by atoms with Crippen LogP contribution >= 0.6 is 0 Å². The third-order valence-electron chi connectivity index (χ3n) is 5.17. The summed E-state index contributed by atoms with van der Waals surface area (Å²) in [5, 5.41) is 3.13. The summed E-state index contributed by atoms with van der Waals surface area (Å²) >= 11 is 0. The van der Waals surface area contributed by atoms with Crippen LogP contribution in [0.5, 0.6) is 11.5 Å². The maximum Gasteiger partial charge on any atom is 0.231 e. The average molecular weight is 317 g/mol. The van der Waals surface area contributed by atoms with Gasteiger partial charge < -0.3 is 19.5 Å². The molecule has 2 aliphatic heterocycles. The number of nitrogens with one attached hydrogen (secondary N) is 1. The van der Waals surface area contributed by atoms with Gasteiger partial charge in [0.05, 0.1) is 18.2 Å². The number of fused-ring (bicyclic) bond motifs is 1. The second-order valence-electron chi connectivity index (χ2n) is 6.86. The molecule has 2 heterocycles. The monoisotopic (exact) mass is 317 g/mol. The Balaban J connectivity index is 1.26. The van der Waals surface area contributed by atoms with Gasteiger partial charge in [0.1, 0.15) is 0 Å². The van der Waals surface area contributed by atoms with E-state index in [1.807, 2.05) is 18.2 Å². The number of carbonyl (C=O) groups is 1. The smallest absolute Gasteiger partial charge is 0.231 e. The summed E-state index contributed by atoms with van der Waals surface area (Å²) in [6.07, 6.45) is 6.98. The van der Waals surface area contributed by atoms with E-state index in [0.717, 1.165) is 36.3 Å². The highest BCUT2D eigenvalue weighted by Crippen LogP contribution is 2.40. The zero-order valence-corrected chi connectivity index (χ0v) is 13.3. The van der Waals surface area contributed by atoms with Crippen LogP contribution in [0.3, 0.4) is 0 Å². The van der Waals surface area contributed by atoms with Crippen molar-refractivity contribution < 1.29 is 19.0 Å². The van der Waals surface area contributed by atoms with Gasteiger partial charge in [-0.3, -0.25) is 4.79 Å². The number of aryl methyl sites for hydroxylation is 1. The lowest BCUT2D eigenvalue weighted by Crippen LogP contribution is -2.36. The van der Waals surface area contributed by atoms with Crippen molar-refractivity contribution >= 4 is 5.91 Å². The highest BCUT2D eigenvalue weighted by atomic mass is 16.7. The van der Waals surface area contributed by atoms with Crippen LogP contribution in [0, 0.1) is 0 Å². The van der Waals surface area contributed by atoms with Crippen LogP contribution < -0.4 is 14.8 Å². The molecule has 5 heteroatoms. The van der Waals surface area contributed by atoms with Gasteiger partial charge in [0.2, 0.25) is 12.7 Å². The highest BCUT2D eigenvalue weighted by molar-refractivity contribution is 5.76. The molecule has 1 N–H and O–H groups in total. The minimum atomic E-state index is 0.0648. The van der Waals surface area contributed by atoms with E-state index in [1.165, 1.54) is 12.8 Å². The summed E-state index contributed by atoms with van der Waals surface area (Å²) in [5.74, 6) is 1.66. The van der Waals surface area contributed by atoms with Crippen molar-refractivity contribution in [2.75, 3.05) is 13.4 Å². The molecule has 3 aliphatic rings. The van der Waals surface area contributed by atoms with Crippen molar-refractivity contribution in [3.63, 3.8) is 0 Å². The Morgan fingerprint density at radius 2 is 2.04 bits per heavy atom. The quantitative estimate of drug-likeness (QED) is 0.927. The number of hydrogen-bond donors (Lipinski definition) is 1. The fourth-order valence-corrected chi connectivity index (χ4v) is 3.96. The molecule has 2 fully saturated rings. The molecule has 0 aromatic heterocycles. The van der Waals surface area contributed by atoms with Gasteiger partial charge in [-0.2, -0.15) is 0 Å². The third kappa shape index (κ3) is 3.15. The molecular formula is C18H23NO4. The van der Waals surface area contributed by atoms with Crippen LogP contribution in [-0.2, 0) is 16.0 Å². The van der Waals surface area contributed by atoms with Gasteiger partial charge in [-0.05, 0) is 43.4 Å². The maximum absolute atomic E-state index is 12.2. The van der Waals surface area contributed by atoms with Crippen molar-refractivity contribution in [3.05, 3.63) is 23.8 Å². The molecule has 0 bridgehead atoms. The number of rotatable bonds is 4. The highest BCUT2D eigenvalue weighted by Gasteiger charge is 2.42. The Labute approximate surface area is 136 Å². The first-order valence-electron chi connectivity index (χ1n) is 8.54. The lowest BCUT2D eigenvalue weighted by molar-refractivity contribution is -0.121. The molecule has 1 aliphatic carbocycles. The normalized spacial score (nSPS) is 24.3. The zero-order chi connectivity index (χ0) is 15.7. The number of amides is 1. The Morgan fingerprint density at radius 3 is 2.91 bits per heavy atom. The minimum Gasteiger partial charge on any atom is -0.454 e. The van der Waals surface area contributed by atoms with Gasteiger partial charge in [0.25, 0.3) is 0 Å². The second-order valence-corrected chi connectivity index (χ2v) is 6.86. The molecular weight excluding hydrogens is 294 g/mol. The van der Waals surface area contributed by atoms with Crippen molar-refractivity contribution in [1.29, 1.82) is 0 Å². The first-order chi connectivity index (χ1) is 11.2. The van der Waals surface area contributed by atoms with E-state index >= 15 is 0 Å². The molecule has 0 radical (unpaired) electrons. The van der Waals surface area contributed by atoms with E-state index in [-0.39, 0.29) is 24.3 Å². The van der Waals surface area contributed by atoms with Gasteiger partial charge in [0.15, 0.2) is 11.5 Å². The van der Waals surface area contributed by atoms with Crippen LogP contribution in [0.4, 0.5) is 0 Å². The van der Waals surface area contributed by atoms with Crippen molar-refractivity contribution in [2.24, 2.45) is 0 Å². The van der Waals surface area contributed by atoms with E-state index in [1.54, 1.807) is 0 Å². The van der Waals surface area contributed by atoms with E-state index in [2.05, 4.69) is 5.32 Å². The summed E-state index contributed by atoms with van der Waals surface area (Å²) in [4.78, 5) is 12.2. The Hall–Kier alpha value is -1.75. The second kappa shape index (κ2) is 6.04. The minimum absolute atomic E-state index is 0.0648. The Bertz CT molecular complexity index is 595. The molecule has 5 nitrogen and oxygen atoms in total. The van der Waals surface area contributed by atoms with E-state index in [0.29, 0.717) is 19.4 Å². The van der Waals surface area contributed by atoms with Crippen molar-refractivity contribution in [3.8, 4) is 11.5 Å². The molecule has 1 saturated carbocycles. The lowest BCUT2D eigenvalue weighted by atomic mass is 9.96. The molecule has 1 spiro atoms. The molecule has 1 unspecified atom stereocenters. The third-order valence-corrected chi connectivity index (χ3v) is 5.17. The summed E-state index contributed by atoms with van der Waals surface area (Å²) in [7, 11) is 0. The topological polar surface area (TPSA) is 56.8 Å². The molecule has 1 saturated heterocycles. The van der Waals surface area contributed by atoms with Gasteiger partial charge in [-0.1, -0.05) is 18.9 Å². The van der Waals surface area contributed by atoms with E-state index in [4.69, 9.17) is 14.2 Å². The maximum atomic E-state index is 12.2. The van der Waals surface area contributed by atoms with Crippen molar-refractivity contribution in [1.82, 2.24) is 5.32 Å². The predicted octanol–water partition coefficient (Wildman–Crippen LogP) is 2.57. The fraction of sp³-hybridized carbons (Fsp3) is 0.611. The Morgan fingerprint density at radius 1 is 1.22 bits per heavy atom. The van der Waals surface area contributed by atoms with Gasteiger partial charge in [-0.15, -0.1) is 0 Å². The molecule has 1 atom stereocenters. The molecule has 4 rings (SSSR count). The van der Waals surface area contributed by atoms with E-state index < -0.39 is 0 Å².